The van der Waals surface area contributed by atoms with Crippen LogP contribution in [-0.4, -0.2) is 74.3 Å². The van der Waals surface area contributed by atoms with Crippen LogP contribution in [0, 0.1) is 0 Å². The summed E-state index contributed by atoms with van der Waals surface area (Å²) >= 11 is 0. The molecule has 1 aliphatic heterocycles. The predicted octanol–water partition coefficient (Wildman–Crippen LogP) is 0.320. The van der Waals surface area contributed by atoms with Crippen LogP contribution >= 0.6 is 0 Å². The van der Waals surface area contributed by atoms with E-state index in [1.54, 1.807) is 4.31 Å². The first-order valence-corrected chi connectivity index (χ1v) is 9.13. The minimum Gasteiger partial charge on any atom is -0.330 e. The maximum Gasteiger partial charge on any atom is 0.281 e. The van der Waals surface area contributed by atoms with E-state index in [0.29, 0.717) is 26.2 Å². The highest BCUT2D eigenvalue weighted by atomic mass is 32.2. The van der Waals surface area contributed by atoms with E-state index < -0.39 is 10.2 Å². The quantitative estimate of drug-likeness (QED) is 0.656. The molecule has 20 heavy (non-hydrogen) atoms. The second-order valence-electron chi connectivity index (χ2n) is 5.18. The Morgan fingerprint density at radius 2 is 1.75 bits per heavy atom. The van der Waals surface area contributed by atoms with Crippen LogP contribution < -0.4 is 5.73 Å². The molecule has 0 aromatic rings. The monoisotopic (exact) mass is 306 g/mol. The van der Waals surface area contributed by atoms with Gasteiger partial charge in [0, 0.05) is 32.7 Å². The van der Waals surface area contributed by atoms with Crippen molar-refractivity contribution in [3.05, 3.63) is 0 Å². The maximum atomic E-state index is 12.5. The molecule has 0 aliphatic carbocycles. The first-order valence-electron chi connectivity index (χ1n) is 7.73. The van der Waals surface area contributed by atoms with Crippen LogP contribution in [-0.2, 0) is 10.2 Å². The third-order valence-corrected chi connectivity index (χ3v) is 6.02. The molecule has 0 radical (unpaired) electrons. The fourth-order valence-corrected chi connectivity index (χ4v) is 4.25. The summed E-state index contributed by atoms with van der Waals surface area (Å²) in [6, 6.07) is 0. The van der Waals surface area contributed by atoms with Gasteiger partial charge in [-0.1, -0.05) is 13.8 Å². The zero-order valence-electron chi connectivity index (χ0n) is 12.9. The van der Waals surface area contributed by atoms with E-state index >= 15 is 0 Å². The third-order valence-electron chi connectivity index (χ3n) is 3.83. The molecule has 1 saturated heterocycles. The average Bonchev–Trinajstić information content (AvgIpc) is 2.66. The summed E-state index contributed by atoms with van der Waals surface area (Å²) in [5.74, 6) is 0. The topological polar surface area (TPSA) is 69.9 Å². The number of hydrogen-bond donors (Lipinski definition) is 1. The molecular formula is C13H30N4O2S. The Morgan fingerprint density at radius 3 is 2.35 bits per heavy atom. The fraction of sp³-hybridized carbons (Fsp3) is 1.00. The molecule has 1 aliphatic rings. The number of unbranched alkanes of at least 4 members (excludes halogenated alkanes) is 1. The van der Waals surface area contributed by atoms with Gasteiger partial charge in [-0.3, -0.25) is 0 Å². The molecule has 0 aromatic carbocycles. The molecule has 0 bridgehead atoms. The Hall–Kier alpha value is -0.210. The van der Waals surface area contributed by atoms with Gasteiger partial charge in [0.05, 0.1) is 0 Å². The van der Waals surface area contributed by atoms with Crippen LogP contribution in [0.25, 0.3) is 0 Å². The SMILES string of the molecule is CCN(CC)S(=O)(=O)N1CCCN(CCCCN)CC1. The Kier molecular flexibility index (Phi) is 7.98. The van der Waals surface area contributed by atoms with Crippen molar-refractivity contribution in [2.45, 2.75) is 33.1 Å². The Morgan fingerprint density at radius 1 is 1.05 bits per heavy atom. The van der Waals surface area contributed by atoms with Crippen molar-refractivity contribution in [2.75, 3.05) is 52.4 Å². The molecule has 1 fully saturated rings. The lowest BCUT2D eigenvalue weighted by molar-refractivity contribution is 0.278. The maximum absolute atomic E-state index is 12.5. The zero-order chi connectivity index (χ0) is 15.0. The molecule has 0 aromatic heterocycles. The van der Waals surface area contributed by atoms with Crippen LogP contribution in [0.2, 0.25) is 0 Å². The van der Waals surface area contributed by atoms with Crippen LogP contribution in [0.15, 0.2) is 0 Å². The van der Waals surface area contributed by atoms with Crippen molar-refractivity contribution in [3.63, 3.8) is 0 Å². The first-order chi connectivity index (χ1) is 9.56. The highest BCUT2D eigenvalue weighted by Crippen LogP contribution is 2.12. The van der Waals surface area contributed by atoms with Gasteiger partial charge < -0.3 is 10.6 Å². The van der Waals surface area contributed by atoms with Crippen molar-refractivity contribution in [2.24, 2.45) is 5.73 Å². The molecule has 1 heterocycles. The second-order valence-corrected chi connectivity index (χ2v) is 7.11. The van der Waals surface area contributed by atoms with Crippen molar-refractivity contribution >= 4 is 10.2 Å². The highest BCUT2D eigenvalue weighted by molar-refractivity contribution is 7.86. The number of nitrogens with zero attached hydrogens (tertiary/aromatic N) is 3. The van der Waals surface area contributed by atoms with Crippen molar-refractivity contribution in [3.8, 4) is 0 Å². The molecule has 0 atom stereocenters. The van der Waals surface area contributed by atoms with Crippen LogP contribution in [0.3, 0.4) is 0 Å². The molecule has 0 spiro atoms. The van der Waals surface area contributed by atoms with Gasteiger partial charge in [0.15, 0.2) is 0 Å². The smallest absolute Gasteiger partial charge is 0.281 e. The lowest BCUT2D eigenvalue weighted by Crippen LogP contribution is -2.45. The fourth-order valence-electron chi connectivity index (χ4n) is 2.59. The Balaban J connectivity index is 2.54. The van der Waals surface area contributed by atoms with Gasteiger partial charge >= 0.3 is 0 Å². The summed E-state index contributed by atoms with van der Waals surface area (Å²) in [6.45, 7) is 9.64. The lowest BCUT2D eigenvalue weighted by Gasteiger charge is -2.27. The van der Waals surface area contributed by atoms with E-state index in [-0.39, 0.29) is 0 Å². The molecule has 2 N–H and O–H groups in total. The Labute approximate surface area is 124 Å². The minimum absolute atomic E-state index is 0.537. The number of hydrogen-bond acceptors (Lipinski definition) is 4. The Bertz CT molecular complexity index is 357. The van der Waals surface area contributed by atoms with E-state index in [1.165, 1.54) is 4.31 Å². The standard InChI is InChI=1S/C13H30N4O2S/c1-3-16(4-2)20(18,19)17-11-7-10-15(12-13-17)9-6-5-8-14/h3-14H2,1-2H3. The summed E-state index contributed by atoms with van der Waals surface area (Å²) in [6.07, 6.45) is 3.04. The molecule has 7 heteroatoms. The molecule has 0 saturated carbocycles. The summed E-state index contributed by atoms with van der Waals surface area (Å²) in [4.78, 5) is 2.35. The largest absolute Gasteiger partial charge is 0.330 e. The highest BCUT2D eigenvalue weighted by Gasteiger charge is 2.29. The van der Waals surface area contributed by atoms with Crippen molar-refractivity contribution in [1.82, 2.24) is 13.5 Å². The lowest BCUT2D eigenvalue weighted by atomic mass is 10.3. The molecule has 0 amide bonds. The predicted molar refractivity (Wildman–Crippen MR) is 82.8 cm³/mol. The molecule has 6 nitrogen and oxygen atoms in total. The van der Waals surface area contributed by atoms with Gasteiger partial charge in [-0.15, -0.1) is 0 Å². The average molecular weight is 306 g/mol. The summed E-state index contributed by atoms with van der Waals surface area (Å²) in [5.41, 5.74) is 5.51. The third kappa shape index (κ3) is 4.96. The van der Waals surface area contributed by atoms with E-state index in [4.69, 9.17) is 5.73 Å². The van der Waals surface area contributed by atoms with Crippen LogP contribution in [0.1, 0.15) is 33.1 Å². The zero-order valence-corrected chi connectivity index (χ0v) is 13.7. The summed E-state index contributed by atoms with van der Waals surface area (Å²) in [5, 5.41) is 0. The van der Waals surface area contributed by atoms with Gasteiger partial charge in [0.25, 0.3) is 10.2 Å². The molecule has 1 rings (SSSR count). The van der Waals surface area contributed by atoms with E-state index in [2.05, 4.69) is 4.90 Å². The first kappa shape index (κ1) is 17.8. The van der Waals surface area contributed by atoms with Crippen LogP contribution in [0.5, 0.6) is 0 Å². The molecule has 120 valence electrons. The normalized spacial score (nSPS) is 19.4. The van der Waals surface area contributed by atoms with Gasteiger partial charge in [0.1, 0.15) is 0 Å². The second kappa shape index (κ2) is 8.94. The van der Waals surface area contributed by atoms with E-state index in [1.807, 2.05) is 13.8 Å². The van der Waals surface area contributed by atoms with Gasteiger partial charge in [-0.2, -0.15) is 17.0 Å². The number of nitrogens with two attached hydrogens (primary N) is 1. The van der Waals surface area contributed by atoms with Crippen molar-refractivity contribution < 1.29 is 8.42 Å². The van der Waals surface area contributed by atoms with E-state index in [0.717, 1.165) is 45.4 Å². The van der Waals surface area contributed by atoms with Gasteiger partial charge in [-0.25, -0.2) is 0 Å². The summed E-state index contributed by atoms with van der Waals surface area (Å²) < 4.78 is 28.1. The van der Waals surface area contributed by atoms with Crippen molar-refractivity contribution in [1.29, 1.82) is 0 Å². The minimum atomic E-state index is -3.28. The van der Waals surface area contributed by atoms with Gasteiger partial charge in [-0.05, 0) is 38.9 Å². The molecule has 0 unspecified atom stereocenters. The van der Waals surface area contributed by atoms with Gasteiger partial charge in [0.2, 0.25) is 0 Å². The molecular weight excluding hydrogens is 276 g/mol. The van der Waals surface area contributed by atoms with Crippen LogP contribution in [0.4, 0.5) is 0 Å². The van der Waals surface area contributed by atoms with E-state index in [9.17, 15) is 8.42 Å². The number of rotatable bonds is 8. The summed E-state index contributed by atoms with van der Waals surface area (Å²) in [7, 11) is -3.28.